The molecule has 0 N–H and O–H groups in total. The molecule has 0 saturated carbocycles. The maximum Gasteiger partial charge on any atom is 0.0447 e. The van der Waals surface area contributed by atoms with Crippen molar-refractivity contribution in [3.63, 3.8) is 0 Å². The lowest BCUT2D eigenvalue weighted by Crippen LogP contribution is -2.08. The molecule has 0 radical (unpaired) electrons. The van der Waals surface area contributed by atoms with Crippen molar-refractivity contribution in [3.8, 4) is 20.9 Å². The van der Waals surface area contributed by atoms with Crippen molar-refractivity contribution in [2.45, 2.75) is 16.6 Å². The predicted molar refractivity (Wildman–Crippen MR) is 190 cm³/mol. The summed E-state index contributed by atoms with van der Waals surface area (Å²) in [4.78, 5) is 10.6. The largest absolute Gasteiger partial charge is 0.378 e. The normalized spacial score (nSPS) is 14.5. The van der Waals surface area contributed by atoms with Crippen LogP contribution in [0.25, 0.3) is 41.1 Å². The van der Waals surface area contributed by atoms with Crippen LogP contribution in [0.1, 0.15) is 16.4 Å². The second kappa shape index (κ2) is 10.7. The maximum atomic E-state index is 2.46. The number of thiophene rings is 2. The summed E-state index contributed by atoms with van der Waals surface area (Å²) in [6.45, 7) is 0. The third kappa shape index (κ3) is 4.76. The molecule has 1 aliphatic heterocycles. The second-order valence-corrected chi connectivity index (χ2v) is 15.0. The van der Waals surface area contributed by atoms with E-state index in [2.05, 4.69) is 154 Å². The second-order valence-electron chi connectivity index (χ2n) is 11.7. The summed E-state index contributed by atoms with van der Waals surface area (Å²) in [6.07, 6.45) is 1.07. The van der Waals surface area contributed by atoms with Gasteiger partial charge in [-0.1, -0.05) is 36.4 Å². The van der Waals surface area contributed by atoms with Gasteiger partial charge in [-0.05, 0) is 77.2 Å². The molecule has 1 aliphatic rings. The summed E-state index contributed by atoms with van der Waals surface area (Å²) in [7, 11) is 12.6. The van der Waals surface area contributed by atoms with E-state index in [0.29, 0.717) is 5.25 Å². The fraction of sp³-hybridized carbons (Fsp3) is 0.222. The Hall–Kier alpha value is -3.45. The van der Waals surface area contributed by atoms with Gasteiger partial charge in [0.05, 0.1) is 0 Å². The monoisotopic (exact) mass is 605 g/mol. The van der Waals surface area contributed by atoms with Crippen LogP contribution in [0.2, 0.25) is 0 Å². The van der Waals surface area contributed by atoms with Crippen molar-refractivity contribution in [2.24, 2.45) is 0 Å². The third-order valence-electron chi connectivity index (χ3n) is 8.27. The standard InChI is InChI=1S/C36H35N3S3/c1-37(2)25-13-7-22(8-14-25)31-19-28-34(40-31)29-20-32(23-9-15-26(16-10-23)38(3)4)42-36(29)30-21-33(41-35(28)30)24-11-17-27(18-12-24)39(5)6/h7-20,33H,21H2,1-6H3. The quantitative estimate of drug-likeness (QED) is 0.187. The van der Waals surface area contributed by atoms with Crippen molar-refractivity contribution in [1.82, 2.24) is 0 Å². The zero-order valence-electron chi connectivity index (χ0n) is 24.9. The van der Waals surface area contributed by atoms with Crippen molar-refractivity contribution >= 4 is 71.7 Å². The molecule has 0 spiro atoms. The molecule has 6 aromatic rings. The number of benzene rings is 4. The van der Waals surface area contributed by atoms with E-state index in [1.54, 1.807) is 0 Å². The van der Waals surface area contributed by atoms with Gasteiger partial charge in [-0.25, -0.2) is 0 Å². The SMILES string of the molecule is CN(C)c1ccc(-c2cc3c(s2)c2c(c4cc(-c5ccc(N(C)C)cc5)sc43)SC(c3ccc(N(C)C)cc3)C2)cc1. The van der Waals surface area contributed by atoms with Gasteiger partial charge in [0.25, 0.3) is 0 Å². The van der Waals surface area contributed by atoms with Gasteiger partial charge < -0.3 is 14.7 Å². The molecule has 0 bridgehead atoms. The first-order chi connectivity index (χ1) is 20.3. The van der Waals surface area contributed by atoms with E-state index in [1.165, 1.54) is 74.1 Å². The van der Waals surface area contributed by atoms with Gasteiger partial charge in [0, 0.05) is 99.4 Å². The number of fused-ring (bicyclic) bond motifs is 6. The van der Waals surface area contributed by atoms with Gasteiger partial charge in [-0.15, -0.1) is 34.4 Å². The van der Waals surface area contributed by atoms with Gasteiger partial charge in [-0.3, -0.25) is 0 Å². The molecule has 3 heterocycles. The molecule has 0 aliphatic carbocycles. The molecule has 0 saturated heterocycles. The number of rotatable bonds is 6. The molecule has 42 heavy (non-hydrogen) atoms. The predicted octanol–water partition coefficient (Wildman–Crippen LogP) is 10.0. The highest BCUT2D eigenvalue weighted by molar-refractivity contribution is 8.00. The molecule has 0 fully saturated rings. The number of nitrogens with zero attached hydrogens (tertiary/aromatic N) is 3. The topological polar surface area (TPSA) is 9.72 Å². The fourth-order valence-corrected chi connectivity index (χ4v) is 9.86. The highest BCUT2D eigenvalue weighted by Gasteiger charge is 2.30. The zero-order valence-corrected chi connectivity index (χ0v) is 27.4. The Labute approximate surface area is 261 Å². The Morgan fingerprint density at radius 1 is 0.548 bits per heavy atom. The smallest absolute Gasteiger partial charge is 0.0447 e. The molecule has 3 nitrogen and oxygen atoms in total. The van der Waals surface area contributed by atoms with E-state index >= 15 is 0 Å². The first-order valence-electron chi connectivity index (χ1n) is 14.3. The van der Waals surface area contributed by atoms with Crippen molar-refractivity contribution < 1.29 is 0 Å². The van der Waals surface area contributed by atoms with Crippen LogP contribution in [0.4, 0.5) is 17.1 Å². The van der Waals surface area contributed by atoms with E-state index in [0.717, 1.165) is 6.42 Å². The lowest BCUT2D eigenvalue weighted by Gasteiger charge is -2.14. The van der Waals surface area contributed by atoms with E-state index in [1.807, 2.05) is 22.7 Å². The summed E-state index contributed by atoms with van der Waals surface area (Å²) in [5, 5.41) is 3.25. The zero-order chi connectivity index (χ0) is 29.1. The van der Waals surface area contributed by atoms with Crippen molar-refractivity contribution in [1.29, 1.82) is 0 Å². The van der Waals surface area contributed by atoms with Crippen molar-refractivity contribution in [2.75, 3.05) is 57.0 Å². The number of anilines is 3. The summed E-state index contributed by atoms with van der Waals surface area (Å²) >= 11 is 5.97. The highest BCUT2D eigenvalue weighted by atomic mass is 32.2. The maximum absolute atomic E-state index is 2.46. The molecule has 6 heteroatoms. The Morgan fingerprint density at radius 3 is 1.50 bits per heavy atom. The minimum atomic E-state index is 0.428. The Kier molecular flexibility index (Phi) is 6.96. The van der Waals surface area contributed by atoms with Crippen LogP contribution in [0, 0.1) is 0 Å². The van der Waals surface area contributed by atoms with Crippen molar-refractivity contribution in [3.05, 3.63) is 96.1 Å². The van der Waals surface area contributed by atoms with Gasteiger partial charge >= 0.3 is 0 Å². The molecule has 7 rings (SSSR count). The molecular formula is C36H35N3S3. The summed E-state index contributed by atoms with van der Waals surface area (Å²) in [5.41, 5.74) is 9.22. The summed E-state index contributed by atoms with van der Waals surface area (Å²) in [6, 6.07) is 32.0. The number of thioether (sulfide) groups is 1. The lowest BCUT2D eigenvalue weighted by atomic mass is 10.0. The van der Waals surface area contributed by atoms with E-state index in [-0.39, 0.29) is 0 Å². The average Bonchev–Trinajstić information content (AvgIpc) is 3.74. The molecule has 212 valence electrons. The minimum absolute atomic E-state index is 0.428. The van der Waals surface area contributed by atoms with E-state index in [9.17, 15) is 0 Å². The highest BCUT2D eigenvalue weighted by Crippen LogP contribution is 2.56. The molecule has 1 atom stereocenters. The Morgan fingerprint density at radius 2 is 1.00 bits per heavy atom. The van der Waals surface area contributed by atoms with Gasteiger partial charge in [-0.2, -0.15) is 0 Å². The van der Waals surface area contributed by atoms with Gasteiger partial charge in [0.1, 0.15) is 0 Å². The molecule has 4 aromatic carbocycles. The van der Waals surface area contributed by atoms with E-state index < -0.39 is 0 Å². The molecular weight excluding hydrogens is 571 g/mol. The minimum Gasteiger partial charge on any atom is -0.378 e. The average molecular weight is 606 g/mol. The Bertz CT molecular complexity index is 1780. The van der Waals surface area contributed by atoms with Crippen LogP contribution in [0.5, 0.6) is 0 Å². The first-order valence-corrected chi connectivity index (χ1v) is 16.8. The first kappa shape index (κ1) is 27.4. The van der Waals surface area contributed by atoms with Crippen LogP contribution >= 0.6 is 34.4 Å². The Balaban J connectivity index is 1.37. The summed E-state index contributed by atoms with van der Waals surface area (Å²) in [5.74, 6) is 0. The molecule has 2 aromatic heterocycles. The van der Waals surface area contributed by atoms with Gasteiger partial charge in [0.15, 0.2) is 0 Å². The molecule has 0 amide bonds. The van der Waals surface area contributed by atoms with E-state index in [4.69, 9.17) is 0 Å². The van der Waals surface area contributed by atoms with Crippen LogP contribution in [0.15, 0.2) is 89.8 Å². The van der Waals surface area contributed by atoms with Crippen LogP contribution < -0.4 is 14.7 Å². The van der Waals surface area contributed by atoms with Crippen LogP contribution in [0.3, 0.4) is 0 Å². The number of hydrogen-bond donors (Lipinski definition) is 0. The third-order valence-corrected chi connectivity index (χ3v) is 12.2. The van der Waals surface area contributed by atoms with Crippen LogP contribution in [-0.4, -0.2) is 42.3 Å². The summed E-state index contributed by atoms with van der Waals surface area (Å²) < 4.78 is 2.87. The fourth-order valence-electron chi connectivity index (χ4n) is 5.80. The van der Waals surface area contributed by atoms with Gasteiger partial charge in [0.2, 0.25) is 0 Å². The number of hydrogen-bond acceptors (Lipinski definition) is 6. The van der Waals surface area contributed by atoms with Crippen LogP contribution in [-0.2, 0) is 6.42 Å². The molecule has 1 unspecified atom stereocenters. The lowest BCUT2D eigenvalue weighted by molar-refractivity contribution is 0.960.